The first kappa shape index (κ1) is 27.6. The van der Waals surface area contributed by atoms with Gasteiger partial charge in [-0.25, -0.2) is 12.8 Å². The van der Waals surface area contributed by atoms with E-state index in [1.54, 1.807) is 45.0 Å². The quantitative estimate of drug-likeness (QED) is 0.543. The van der Waals surface area contributed by atoms with Crippen LogP contribution >= 0.6 is 0 Å². The number of carbonyl (C=O) groups is 2. The number of sulfonamides is 1. The zero-order chi connectivity index (χ0) is 26.5. The van der Waals surface area contributed by atoms with Gasteiger partial charge in [0, 0.05) is 12.6 Å². The predicted molar refractivity (Wildman–Crippen MR) is 140 cm³/mol. The normalized spacial score (nSPS) is 15.2. The Hall–Kier alpha value is -2.94. The van der Waals surface area contributed by atoms with Crippen molar-refractivity contribution in [1.29, 1.82) is 0 Å². The Morgan fingerprint density at radius 3 is 2.17 bits per heavy atom. The van der Waals surface area contributed by atoms with Gasteiger partial charge in [0.2, 0.25) is 21.8 Å². The summed E-state index contributed by atoms with van der Waals surface area (Å²) in [6.07, 6.45) is 6.12. The van der Waals surface area contributed by atoms with Gasteiger partial charge in [0.15, 0.2) is 0 Å². The summed E-state index contributed by atoms with van der Waals surface area (Å²) in [5, 5.41) is 3.06. The maximum absolute atomic E-state index is 13.7. The van der Waals surface area contributed by atoms with Gasteiger partial charge in [-0.3, -0.25) is 13.9 Å². The molecule has 1 N–H and O–H groups in total. The molecule has 0 radical (unpaired) electrons. The third kappa shape index (κ3) is 7.06. The minimum absolute atomic E-state index is 0.0444. The molecule has 1 saturated carbocycles. The molecule has 7 nitrogen and oxygen atoms in total. The second-order valence-corrected chi connectivity index (χ2v) is 11.6. The Morgan fingerprint density at radius 1 is 1.03 bits per heavy atom. The van der Waals surface area contributed by atoms with Crippen LogP contribution in [-0.2, 0) is 26.2 Å². The van der Waals surface area contributed by atoms with Crippen LogP contribution in [0.5, 0.6) is 0 Å². The van der Waals surface area contributed by atoms with Crippen LogP contribution in [0.15, 0.2) is 42.5 Å². The highest BCUT2D eigenvalue weighted by molar-refractivity contribution is 7.92. The van der Waals surface area contributed by atoms with Crippen LogP contribution in [0.25, 0.3) is 0 Å². The topological polar surface area (TPSA) is 86.8 Å². The van der Waals surface area contributed by atoms with Crippen LogP contribution < -0.4 is 9.62 Å². The molecule has 1 atom stereocenters. The molecule has 36 heavy (non-hydrogen) atoms. The second kappa shape index (κ2) is 11.9. The van der Waals surface area contributed by atoms with Crippen LogP contribution in [-0.4, -0.2) is 50.0 Å². The fourth-order valence-corrected chi connectivity index (χ4v) is 5.68. The summed E-state index contributed by atoms with van der Waals surface area (Å²) in [6, 6.07) is 10.3. The number of aryl methyl sites for hydroxylation is 2. The summed E-state index contributed by atoms with van der Waals surface area (Å²) in [4.78, 5) is 28.2. The predicted octanol–water partition coefficient (Wildman–Crippen LogP) is 4.07. The van der Waals surface area contributed by atoms with E-state index in [9.17, 15) is 22.4 Å². The third-order valence-electron chi connectivity index (χ3n) is 6.75. The number of anilines is 1. The molecule has 0 heterocycles. The van der Waals surface area contributed by atoms with E-state index >= 15 is 0 Å². The molecule has 1 aliphatic carbocycles. The van der Waals surface area contributed by atoms with Crippen molar-refractivity contribution in [3.8, 4) is 0 Å². The average Bonchev–Trinajstić information content (AvgIpc) is 2.82. The summed E-state index contributed by atoms with van der Waals surface area (Å²) in [5.41, 5.74) is 2.54. The van der Waals surface area contributed by atoms with Crippen molar-refractivity contribution in [1.82, 2.24) is 10.2 Å². The van der Waals surface area contributed by atoms with Gasteiger partial charge in [0.25, 0.3) is 0 Å². The van der Waals surface area contributed by atoms with Crippen molar-refractivity contribution < 1.29 is 22.4 Å². The van der Waals surface area contributed by atoms with E-state index in [4.69, 9.17) is 0 Å². The number of benzene rings is 2. The number of halogens is 1. The lowest BCUT2D eigenvalue weighted by molar-refractivity contribution is -0.139. The maximum atomic E-state index is 13.7. The van der Waals surface area contributed by atoms with Crippen molar-refractivity contribution in [3.05, 3.63) is 65.0 Å². The van der Waals surface area contributed by atoms with E-state index in [2.05, 4.69) is 5.32 Å². The number of nitrogens with zero attached hydrogens (tertiary/aromatic N) is 2. The molecule has 0 spiro atoms. The Kier molecular flexibility index (Phi) is 9.11. The highest BCUT2D eigenvalue weighted by Crippen LogP contribution is 2.27. The highest BCUT2D eigenvalue weighted by atomic mass is 32.2. The number of carbonyl (C=O) groups excluding carboxylic acids is 2. The van der Waals surface area contributed by atoms with Gasteiger partial charge in [-0.15, -0.1) is 0 Å². The molecule has 2 amide bonds. The SMILES string of the molecule is Cc1cccc(C)c1N(CC(=O)N(Cc1ccc(F)cc1)[C@H](C)C(=O)NC1CCCCC1)S(C)(=O)=O. The summed E-state index contributed by atoms with van der Waals surface area (Å²) >= 11 is 0. The summed E-state index contributed by atoms with van der Waals surface area (Å²) < 4.78 is 40.2. The smallest absolute Gasteiger partial charge is 0.244 e. The van der Waals surface area contributed by atoms with Crippen molar-refractivity contribution in [3.63, 3.8) is 0 Å². The van der Waals surface area contributed by atoms with Crippen molar-refractivity contribution in [2.75, 3.05) is 17.1 Å². The van der Waals surface area contributed by atoms with Crippen molar-refractivity contribution in [2.24, 2.45) is 0 Å². The molecule has 0 bridgehead atoms. The van der Waals surface area contributed by atoms with E-state index in [-0.39, 0.29) is 18.5 Å². The molecular formula is C27H36FN3O4S. The monoisotopic (exact) mass is 517 g/mol. The lowest BCUT2D eigenvalue weighted by Crippen LogP contribution is -2.53. The number of rotatable bonds is 9. The molecule has 3 rings (SSSR count). The van der Waals surface area contributed by atoms with Gasteiger partial charge >= 0.3 is 0 Å². The fraction of sp³-hybridized carbons (Fsp3) is 0.481. The van der Waals surface area contributed by atoms with Gasteiger partial charge in [-0.1, -0.05) is 49.6 Å². The second-order valence-electron chi connectivity index (χ2n) is 9.68. The molecule has 196 valence electrons. The van der Waals surface area contributed by atoms with Gasteiger partial charge in [0.1, 0.15) is 18.4 Å². The van der Waals surface area contributed by atoms with E-state index in [0.29, 0.717) is 11.3 Å². The molecule has 0 unspecified atom stereocenters. The Labute approximate surface area is 213 Å². The Balaban J connectivity index is 1.90. The Morgan fingerprint density at radius 2 is 1.61 bits per heavy atom. The lowest BCUT2D eigenvalue weighted by Gasteiger charge is -2.33. The number of hydrogen-bond acceptors (Lipinski definition) is 4. The van der Waals surface area contributed by atoms with E-state index < -0.39 is 34.3 Å². The largest absolute Gasteiger partial charge is 0.352 e. The average molecular weight is 518 g/mol. The standard InChI is InChI=1S/C27H36FN3O4S/c1-19-9-8-10-20(2)26(19)31(36(4,34)35)18-25(32)30(17-22-13-15-23(28)16-14-22)21(3)27(33)29-24-11-6-5-7-12-24/h8-10,13-16,21,24H,5-7,11-12,17-18H2,1-4H3,(H,29,33)/t21-/m1/s1. The first-order valence-corrected chi connectivity index (χ1v) is 14.2. The molecule has 2 aromatic carbocycles. The number of hydrogen-bond donors (Lipinski definition) is 1. The van der Waals surface area contributed by atoms with Crippen LogP contribution in [0, 0.1) is 19.7 Å². The van der Waals surface area contributed by atoms with Gasteiger partial charge in [-0.05, 0) is 62.4 Å². The summed E-state index contributed by atoms with van der Waals surface area (Å²) in [6.45, 7) is 4.82. The zero-order valence-electron chi connectivity index (χ0n) is 21.5. The summed E-state index contributed by atoms with van der Waals surface area (Å²) in [5.74, 6) is -1.20. The Bertz CT molecular complexity index is 1160. The lowest BCUT2D eigenvalue weighted by atomic mass is 9.95. The number of amides is 2. The molecule has 2 aromatic rings. The van der Waals surface area contributed by atoms with Gasteiger partial charge in [-0.2, -0.15) is 0 Å². The van der Waals surface area contributed by atoms with E-state index in [1.807, 2.05) is 6.07 Å². The zero-order valence-corrected chi connectivity index (χ0v) is 22.3. The fourth-order valence-electron chi connectivity index (χ4n) is 4.71. The molecule has 1 aliphatic rings. The van der Waals surface area contributed by atoms with Gasteiger partial charge in [0.05, 0.1) is 11.9 Å². The number of para-hydroxylation sites is 1. The first-order chi connectivity index (χ1) is 17.0. The van der Waals surface area contributed by atoms with Crippen LogP contribution in [0.4, 0.5) is 10.1 Å². The van der Waals surface area contributed by atoms with E-state index in [0.717, 1.165) is 53.8 Å². The maximum Gasteiger partial charge on any atom is 0.244 e. The van der Waals surface area contributed by atoms with Crippen molar-refractivity contribution >= 4 is 27.5 Å². The molecule has 0 aliphatic heterocycles. The minimum Gasteiger partial charge on any atom is -0.352 e. The van der Waals surface area contributed by atoms with Crippen LogP contribution in [0.3, 0.4) is 0 Å². The van der Waals surface area contributed by atoms with Crippen LogP contribution in [0.1, 0.15) is 55.7 Å². The molecule has 9 heteroatoms. The van der Waals surface area contributed by atoms with Crippen LogP contribution in [0.2, 0.25) is 0 Å². The van der Waals surface area contributed by atoms with E-state index in [1.165, 1.54) is 17.0 Å². The third-order valence-corrected chi connectivity index (χ3v) is 7.87. The molecule has 0 aromatic heterocycles. The van der Waals surface area contributed by atoms with Crippen molar-refractivity contribution in [2.45, 2.75) is 71.5 Å². The number of nitrogens with one attached hydrogen (secondary N) is 1. The molecule has 0 saturated heterocycles. The molecular weight excluding hydrogens is 481 g/mol. The van der Waals surface area contributed by atoms with Gasteiger partial charge < -0.3 is 10.2 Å². The molecule has 1 fully saturated rings. The minimum atomic E-state index is -3.80. The highest BCUT2D eigenvalue weighted by Gasteiger charge is 2.32. The first-order valence-electron chi connectivity index (χ1n) is 12.4. The summed E-state index contributed by atoms with van der Waals surface area (Å²) in [7, 11) is -3.80.